The first-order valence-electron chi connectivity index (χ1n) is 5.36. The summed E-state index contributed by atoms with van der Waals surface area (Å²) in [6.07, 6.45) is -4.58. The number of carbonyl (C=O) groups excluding carboxylic acids is 1. The van der Waals surface area contributed by atoms with Crippen LogP contribution in [0.5, 0.6) is 0 Å². The minimum Gasteiger partial charge on any atom is -0.289 e. The van der Waals surface area contributed by atoms with Gasteiger partial charge in [-0.2, -0.15) is 30.5 Å². The summed E-state index contributed by atoms with van der Waals surface area (Å²) in [5.41, 5.74) is 0.256. The molecule has 11 heteroatoms. The topological polar surface area (TPSA) is 95.5 Å². The molecule has 1 aromatic rings. The number of sulfonamides is 1. The molecule has 0 fully saturated rings. The SMILES string of the molecule is O=C(NO)[C@H](CS)NS(=O)(=O)c1ccc(C(F)(F)F)cc1. The average Bonchev–Trinajstić information content (AvgIpc) is 2.43. The fourth-order valence-electron chi connectivity index (χ4n) is 1.33. The lowest BCUT2D eigenvalue weighted by molar-refractivity contribution is -0.137. The number of hydrogen-bond acceptors (Lipinski definition) is 5. The first kappa shape index (κ1) is 17.8. The maximum Gasteiger partial charge on any atom is 0.416 e. The highest BCUT2D eigenvalue weighted by Gasteiger charge is 2.31. The maximum atomic E-state index is 12.4. The van der Waals surface area contributed by atoms with E-state index in [2.05, 4.69) is 12.6 Å². The summed E-state index contributed by atoms with van der Waals surface area (Å²) in [4.78, 5) is 10.7. The number of benzene rings is 1. The van der Waals surface area contributed by atoms with E-state index in [0.29, 0.717) is 12.1 Å². The molecule has 0 aliphatic heterocycles. The van der Waals surface area contributed by atoms with Gasteiger partial charge in [0.05, 0.1) is 10.5 Å². The van der Waals surface area contributed by atoms with Crippen molar-refractivity contribution in [3.8, 4) is 0 Å². The van der Waals surface area contributed by atoms with E-state index in [1.807, 2.05) is 4.72 Å². The summed E-state index contributed by atoms with van der Waals surface area (Å²) in [6, 6.07) is 1.37. The molecule has 21 heavy (non-hydrogen) atoms. The summed E-state index contributed by atoms with van der Waals surface area (Å²) < 4.78 is 62.8. The zero-order valence-corrected chi connectivity index (χ0v) is 12.0. The van der Waals surface area contributed by atoms with Crippen molar-refractivity contribution in [3.05, 3.63) is 29.8 Å². The molecule has 0 unspecified atom stereocenters. The van der Waals surface area contributed by atoms with Crippen LogP contribution in [-0.2, 0) is 21.0 Å². The average molecular weight is 344 g/mol. The van der Waals surface area contributed by atoms with E-state index in [1.54, 1.807) is 0 Å². The first-order valence-corrected chi connectivity index (χ1v) is 7.48. The smallest absolute Gasteiger partial charge is 0.289 e. The van der Waals surface area contributed by atoms with E-state index in [0.717, 1.165) is 12.1 Å². The third kappa shape index (κ3) is 4.59. The van der Waals surface area contributed by atoms with Crippen molar-refractivity contribution in [1.29, 1.82) is 0 Å². The van der Waals surface area contributed by atoms with E-state index >= 15 is 0 Å². The Bertz CT molecular complexity index is 602. The molecule has 1 atom stereocenters. The van der Waals surface area contributed by atoms with Gasteiger partial charge in [0.15, 0.2) is 0 Å². The van der Waals surface area contributed by atoms with Gasteiger partial charge in [0.1, 0.15) is 6.04 Å². The molecule has 1 rings (SSSR count). The minimum absolute atomic E-state index is 0.258. The minimum atomic E-state index is -4.58. The van der Waals surface area contributed by atoms with Gasteiger partial charge in [-0.1, -0.05) is 0 Å². The monoisotopic (exact) mass is 344 g/mol. The zero-order valence-electron chi connectivity index (χ0n) is 10.3. The fraction of sp³-hybridized carbons (Fsp3) is 0.300. The molecular weight excluding hydrogens is 333 g/mol. The van der Waals surface area contributed by atoms with Crippen LogP contribution >= 0.6 is 12.6 Å². The van der Waals surface area contributed by atoms with Gasteiger partial charge in [0, 0.05) is 5.75 Å². The quantitative estimate of drug-likeness (QED) is 0.361. The van der Waals surface area contributed by atoms with Crippen molar-refractivity contribution in [2.75, 3.05) is 5.75 Å². The highest BCUT2D eigenvalue weighted by Crippen LogP contribution is 2.29. The molecule has 1 amide bonds. The van der Waals surface area contributed by atoms with E-state index in [1.165, 1.54) is 5.48 Å². The molecule has 0 aromatic heterocycles. The Morgan fingerprint density at radius 1 is 1.29 bits per heavy atom. The molecule has 0 bridgehead atoms. The van der Waals surface area contributed by atoms with E-state index in [4.69, 9.17) is 5.21 Å². The number of hydroxylamine groups is 1. The van der Waals surface area contributed by atoms with Crippen LogP contribution in [0.3, 0.4) is 0 Å². The van der Waals surface area contributed by atoms with Gasteiger partial charge in [-0.05, 0) is 24.3 Å². The van der Waals surface area contributed by atoms with Crippen LogP contribution in [0.4, 0.5) is 13.2 Å². The molecule has 0 saturated heterocycles. The van der Waals surface area contributed by atoms with Crippen LogP contribution in [0.1, 0.15) is 5.56 Å². The van der Waals surface area contributed by atoms with Crippen molar-refractivity contribution >= 4 is 28.6 Å². The second-order valence-corrected chi connectivity index (χ2v) is 5.93. The Kier molecular flexibility index (Phi) is 5.61. The Balaban J connectivity index is 3.00. The van der Waals surface area contributed by atoms with E-state index in [-0.39, 0.29) is 5.75 Å². The summed E-state index contributed by atoms with van der Waals surface area (Å²) in [5, 5.41) is 8.44. The van der Waals surface area contributed by atoms with E-state index in [9.17, 15) is 26.4 Å². The molecule has 0 heterocycles. The summed E-state index contributed by atoms with van der Waals surface area (Å²) >= 11 is 3.74. The van der Waals surface area contributed by atoms with E-state index < -0.39 is 38.6 Å². The number of hydrogen-bond donors (Lipinski definition) is 4. The van der Waals surface area contributed by atoms with Crippen molar-refractivity contribution in [1.82, 2.24) is 10.2 Å². The number of thiol groups is 1. The van der Waals surface area contributed by atoms with Gasteiger partial charge in [-0.3, -0.25) is 10.0 Å². The normalized spacial score (nSPS) is 13.8. The summed E-state index contributed by atoms with van der Waals surface area (Å²) in [5.74, 6) is -1.30. The lowest BCUT2D eigenvalue weighted by Gasteiger charge is -2.15. The standard InChI is InChI=1S/C10H11F3N2O4S2/c11-10(12,13)6-1-3-7(4-2-6)21(18,19)15-8(5-20)9(16)14-17/h1-4,8,15,17,20H,5H2,(H,14,16)/t8-/m0/s1. The predicted octanol–water partition coefficient (Wildman–Crippen LogP) is 0.787. The molecule has 118 valence electrons. The van der Waals surface area contributed by atoms with Crippen molar-refractivity contribution < 1.29 is 31.6 Å². The third-order valence-corrected chi connectivity index (χ3v) is 4.25. The van der Waals surface area contributed by atoms with Gasteiger partial charge in [-0.25, -0.2) is 13.9 Å². The number of rotatable bonds is 5. The van der Waals surface area contributed by atoms with Crippen molar-refractivity contribution in [2.24, 2.45) is 0 Å². The Morgan fingerprint density at radius 3 is 2.19 bits per heavy atom. The van der Waals surface area contributed by atoms with Gasteiger partial charge < -0.3 is 0 Å². The molecular formula is C10H11F3N2O4S2. The second kappa shape index (κ2) is 6.64. The Labute approximate surface area is 123 Å². The molecule has 0 aliphatic rings. The highest BCUT2D eigenvalue weighted by molar-refractivity contribution is 7.89. The lowest BCUT2D eigenvalue weighted by Crippen LogP contribution is -2.46. The number of nitrogens with one attached hydrogen (secondary N) is 2. The molecule has 1 aromatic carbocycles. The molecule has 3 N–H and O–H groups in total. The van der Waals surface area contributed by atoms with Crippen LogP contribution in [0.25, 0.3) is 0 Å². The van der Waals surface area contributed by atoms with Crippen molar-refractivity contribution in [3.63, 3.8) is 0 Å². The van der Waals surface area contributed by atoms with Crippen LogP contribution in [0.2, 0.25) is 0 Å². The number of carbonyl (C=O) groups is 1. The Hall–Kier alpha value is -1.30. The van der Waals surface area contributed by atoms with Gasteiger partial charge >= 0.3 is 6.18 Å². The van der Waals surface area contributed by atoms with Crippen LogP contribution in [0, 0.1) is 0 Å². The Morgan fingerprint density at radius 2 is 1.81 bits per heavy atom. The molecule has 0 spiro atoms. The molecule has 0 aliphatic carbocycles. The molecule has 6 nitrogen and oxygen atoms in total. The van der Waals surface area contributed by atoms with Crippen LogP contribution < -0.4 is 10.2 Å². The largest absolute Gasteiger partial charge is 0.416 e. The second-order valence-electron chi connectivity index (χ2n) is 3.85. The van der Waals surface area contributed by atoms with Crippen LogP contribution in [-0.4, -0.2) is 31.3 Å². The number of amides is 1. The number of halogens is 3. The molecule has 0 radical (unpaired) electrons. The number of alkyl halides is 3. The summed E-state index contributed by atoms with van der Waals surface area (Å²) in [7, 11) is -4.23. The molecule has 0 saturated carbocycles. The fourth-order valence-corrected chi connectivity index (χ4v) is 2.91. The van der Waals surface area contributed by atoms with Crippen LogP contribution in [0.15, 0.2) is 29.2 Å². The lowest BCUT2D eigenvalue weighted by atomic mass is 10.2. The zero-order chi connectivity index (χ0) is 16.3. The first-order chi connectivity index (χ1) is 9.61. The maximum absolute atomic E-state index is 12.4. The van der Waals surface area contributed by atoms with Gasteiger partial charge in [-0.15, -0.1) is 0 Å². The third-order valence-electron chi connectivity index (χ3n) is 2.40. The highest BCUT2D eigenvalue weighted by atomic mass is 32.2. The summed E-state index contributed by atoms with van der Waals surface area (Å²) in [6.45, 7) is 0. The van der Waals surface area contributed by atoms with Gasteiger partial charge in [0.25, 0.3) is 5.91 Å². The van der Waals surface area contributed by atoms with Crippen molar-refractivity contribution in [2.45, 2.75) is 17.1 Å². The predicted molar refractivity (Wildman–Crippen MR) is 69.3 cm³/mol. The van der Waals surface area contributed by atoms with Gasteiger partial charge in [0.2, 0.25) is 10.0 Å².